The van der Waals surface area contributed by atoms with Crippen molar-refractivity contribution in [2.75, 3.05) is 20.8 Å². The number of aliphatic hydroxyl groups is 1. The molecule has 5 nitrogen and oxygen atoms in total. The molecule has 0 heterocycles. The van der Waals surface area contributed by atoms with Gasteiger partial charge in [0.25, 0.3) is 0 Å². The molecule has 0 amide bonds. The van der Waals surface area contributed by atoms with Gasteiger partial charge in [-0.05, 0) is 26.1 Å². The van der Waals surface area contributed by atoms with E-state index in [1.54, 1.807) is 0 Å². The molecule has 136 valence electrons. The molecule has 0 aromatic rings. The second-order valence-electron chi connectivity index (χ2n) is 5.57. The fourth-order valence-corrected chi connectivity index (χ4v) is 2.60. The highest BCUT2D eigenvalue weighted by atomic mass is 16.5. The lowest BCUT2D eigenvalue weighted by atomic mass is 9.89. The van der Waals surface area contributed by atoms with Crippen LogP contribution < -0.4 is 0 Å². The van der Waals surface area contributed by atoms with Gasteiger partial charge in [0, 0.05) is 24.6 Å². The van der Waals surface area contributed by atoms with Gasteiger partial charge in [0.15, 0.2) is 0 Å². The maximum Gasteiger partial charge on any atom is 0.228 e. The Labute approximate surface area is 151 Å². The number of carbonyl (C=O) groups is 2. The van der Waals surface area contributed by atoms with E-state index in [2.05, 4.69) is 0 Å². The van der Waals surface area contributed by atoms with Crippen LogP contribution in [0.3, 0.4) is 0 Å². The average Bonchev–Trinajstić information content (AvgIpc) is 2.61. The van der Waals surface area contributed by atoms with Crippen molar-refractivity contribution in [3.63, 3.8) is 0 Å². The van der Waals surface area contributed by atoms with Crippen LogP contribution in [0.15, 0.2) is 22.7 Å². The lowest BCUT2D eigenvalue weighted by molar-refractivity contribution is -0.121. The minimum atomic E-state index is -2.73. The Morgan fingerprint density at radius 1 is 0.917 bits per heavy atom. The minimum absolute atomic E-state index is 0.0491. The number of hydrogen-bond donors (Lipinski definition) is 1. The Kier molecular flexibility index (Phi) is 6.27. The molecule has 0 aliphatic heterocycles. The molecule has 0 saturated carbocycles. The summed E-state index contributed by atoms with van der Waals surface area (Å²) in [6.45, 7) is -2.91. The Balaban J connectivity index is 2.70. The maximum absolute atomic E-state index is 12.7. The molecule has 0 saturated heterocycles. The molecule has 0 aromatic carbocycles. The molecule has 0 fully saturated rings. The van der Waals surface area contributed by atoms with Crippen LogP contribution in [0.5, 0.6) is 0 Å². The standard InChI is InChI=1S/C19H30O5/c1-14-15(12-10-8-6-4-5-7-9-11-13-20)17(22)19(24-3)18(23-2)16(14)21/h20H,4-13H2,1-3H3/i1D3,9D2. The van der Waals surface area contributed by atoms with Gasteiger partial charge in [-0.1, -0.05) is 38.5 Å². The van der Waals surface area contributed by atoms with E-state index in [9.17, 15) is 9.59 Å². The minimum Gasteiger partial charge on any atom is -0.489 e. The summed E-state index contributed by atoms with van der Waals surface area (Å²) in [7, 11) is 2.41. The topological polar surface area (TPSA) is 72.8 Å². The van der Waals surface area contributed by atoms with Crippen molar-refractivity contribution in [2.45, 2.75) is 64.6 Å². The fraction of sp³-hybridized carbons (Fsp3) is 0.684. The molecule has 1 rings (SSSR count). The van der Waals surface area contributed by atoms with Gasteiger partial charge in [0.2, 0.25) is 23.1 Å². The molecule has 1 aliphatic rings. The van der Waals surface area contributed by atoms with Gasteiger partial charge in [-0.25, -0.2) is 0 Å². The van der Waals surface area contributed by atoms with Crippen LogP contribution >= 0.6 is 0 Å². The summed E-state index contributed by atoms with van der Waals surface area (Å²) in [4.78, 5) is 25.2. The Morgan fingerprint density at radius 3 is 2.08 bits per heavy atom. The molecule has 0 unspecified atom stereocenters. The van der Waals surface area contributed by atoms with Crippen molar-refractivity contribution >= 4 is 11.6 Å². The van der Waals surface area contributed by atoms with Crippen LogP contribution in [0.2, 0.25) is 0 Å². The van der Waals surface area contributed by atoms with Crippen LogP contribution in [-0.4, -0.2) is 37.5 Å². The summed E-state index contributed by atoms with van der Waals surface area (Å²) in [6, 6.07) is 0. The molecule has 0 bridgehead atoms. The van der Waals surface area contributed by atoms with Gasteiger partial charge in [-0.2, -0.15) is 0 Å². The van der Waals surface area contributed by atoms with E-state index in [1.807, 2.05) is 0 Å². The molecule has 0 atom stereocenters. The maximum atomic E-state index is 12.7. The van der Waals surface area contributed by atoms with E-state index in [0.717, 1.165) is 12.8 Å². The largest absolute Gasteiger partial charge is 0.489 e. The van der Waals surface area contributed by atoms with Crippen LogP contribution in [0.1, 0.15) is 71.4 Å². The lowest BCUT2D eigenvalue weighted by Crippen LogP contribution is -2.25. The third-order valence-electron chi connectivity index (χ3n) is 3.90. The number of allylic oxidation sites excluding steroid dienone is 2. The normalized spacial score (nSPS) is 19.5. The number of ether oxygens (including phenoxy) is 2. The smallest absolute Gasteiger partial charge is 0.228 e. The lowest BCUT2D eigenvalue weighted by Gasteiger charge is -2.20. The summed E-state index contributed by atoms with van der Waals surface area (Å²) in [5.74, 6) is -2.13. The first kappa shape index (κ1) is 13.6. The van der Waals surface area contributed by atoms with Crippen molar-refractivity contribution in [1.29, 1.82) is 0 Å². The molecule has 0 aromatic heterocycles. The molecule has 5 heteroatoms. The van der Waals surface area contributed by atoms with Crippen LogP contribution in [0, 0.1) is 0 Å². The molecule has 1 N–H and O–H groups in total. The van der Waals surface area contributed by atoms with Crippen LogP contribution in [0.4, 0.5) is 0 Å². The fourth-order valence-electron chi connectivity index (χ4n) is 2.60. The zero-order valence-electron chi connectivity index (χ0n) is 19.4. The molecular weight excluding hydrogens is 308 g/mol. The van der Waals surface area contributed by atoms with Gasteiger partial charge in [-0.3, -0.25) is 9.59 Å². The summed E-state index contributed by atoms with van der Waals surface area (Å²) in [5.41, 5.74) is -0.552. The third-order valence-corrected chi connectivity index (χ3v) is 3.90. The third kappa shape index (κ3) is 5.48. The number of rotatable bonds is 12. The average molecular weight is 343 g/mol. The number of methoxy groups -OCH3 is 2. The van der Waals surface area contributed by atoms with E-state index in [-0.39, 0.29) is 36.5 Å². The first-order chi connectivity index (χ1) is 13.5. The van der Waals surface area contributed by atoms with Crippen molar-refractivity contribution in [2.24, 2.45) is 0 Å². The van der Waals surface area contributed by atoms with E-state index in [0.29, 0.717) is 25.7 Å². The SMILES string of the molecule is [2H]C([2H])(CCO)CCCCCCCC1=C(C([2H])([2H])[2H])C(=O)C(OC)=C(OC)C1=O. The predicted octanol–water partition coefficient (Wildman–Crippen LogP) is 3.46. The number of Topliss-reactive ketones (excluding diaryl/α,β-unsaturated/α-hetero) is 2. The summed E-state index contributed by atoms with van der Waals surface area (Å²) >= 11 is 0. The summed E-state index contributed by atoms with van der Waals surface area (Å²) < 4.78 is 48.3. The van der Waals surface area contributed by atoms with Gasteiger partial charge in [0.1, 0.15) is 0 Å². The van der Waals surface area contributed by atoms with E-state index in [4.69, 9.17) is 21.4 Å². The number of unbranched alkanes of at least 4 members (excludes halogenated alkanes) is 4. The second-order valence-corrected chi connectivity index (χ2v) is 5.57. The highest BCUT2D eigenvalue weighted by molar-refractivity contribution is 6.23. The van der Waals surface area contributed by atoms with Gasteiger partial charge < -0.3 is 14.6 Å². The van der Waals surface area contributed by atoms with E-state index < -0.39 is 30.4 Å². The molecule has 0 radical (unpaired) electrons. The zero-order valence-corrected chi connectivity index (χ0v) is 14.4. The molecule has 24 heavy (non-hydrogen) atoms. The van der Waals surface area contributed by atoms with Gasteiger partial charge >= 0.3 is 0 Å². The van der Waals surface area contributed by atoms with E-state index in [1.165, 1.54) is 14.2 Å². The number of carbonyl (C=O) groups excluding carboxylic acids is 2. The van der Waals surface area contributed by atoms with Crippen LogP contribution in [-0.2, 0) is 19.1 Å². The molecule has 1 aliphatic carbocycles. The monoisotopic (exact) mass is 343 g/mol. The van der Waals surface area contributed by atoms with Gasteiger partial charge in [-0.15, -0.1) is 0 Å². The van der Waals surface area contributed by atoms with Crippen molar-refractivity contribution in [3.05, 3.63) is 22.7 Å². The first-order valence-corrected chi connectivity index (χ1v) is 8.26. The van der Waals surface area contributed by atoms with Crippen molar-refractivity contribution in [1.82, 2.24) is 0 Å². The second kappa shape index (κ2) is 11.0. The number of ketones is 2. The Hall–Kier alpha value is -1.62. The number of aliphatic hydroxyl groups excluding tert-OH is 1. The summed E-state index contributed by atoms with van der Waals surface area (Å²) in [5, 5.41) is 8.83. The summed E-state index contributed by atoms with van der Waals surface area (Å²) in [6.07, 6.45) is 2.77. The van der Waals surface area contributed by atoms with Gasteiger partial charge in [0.05, 0.1) is 14.2 Å². The highest BCUT2D eigenvalue weighted by Gasteiger charge is 2.34. The Bertz CT molecular complexity index is 664. The molecular formula is C19H30O5. The quantitative estimate of drug-likeness (QED) is 0.434. The number of hydrogen-bond acceptors (Lipinski definition) is 5. The first-order valence-electron chi connectivity index (χ1n) is 10.8. The van der Waals surface area contributed by atoms with Crippen molar-refractivity contribution < 1.29 is 31.0 Å². The van der Waals surface area contributed by atoms with Crippen molar-refractivity contribution in [3.8, 4) is 0 Å². The van der Waals surface area contributed by atoms with E-state index >= 15 is 0 Å². The van der Waals surface area contributed by atoms with Crippen LogP contribution in [0.25, 0.3) is 0 Å². The molecule has 0 spiro atoms. The predicted molar refractivity (Wildman–Crippen MR) is 92.4 cm³/mol. The Morgan fingerprint density at radius 2 is 1.50 bits per heavy atom. The highest BCUT2D eigenvalue weighted by Crippen LogP contribution is 2.28. The zero-order chi connectivity index (χ0) is 22.2.